The lowest BCUT2D eigenvalue weighted by atomic mass is 9.79. The van der Waals surface area contributed by atoms with E-state index in [9.17, 15) is 0 Å². The maximum atomic E-state index is 9.15. The van der Waals surface area contributed by atoms with E-state index < -0.39 is 0 Å². The van der Waals surface area contributed by atoms with Gasteiger partial charge in [0, 0.05) is 6.61 Å². The molecule has 1 aliphatic carbocycles. The predicted octanol–water partition coefficient (Wildman–Crippen LogP) is 5.42. The molecule has 1 aliphatic rings. The van der Waals surface area contributed by atoms with Crippen molar-refractivity contribution in [1.82, 2.24) is 0 Å². The molecule has 0 bridgehead atoms. The van der Waals surface area contributed by atoms with Crippen LogP contribution in [0, 0.1) is 23.7 Å². The molecule has 1 N–H and O–H groups in total. The van der Waals surface area contributed by atoms with Crippen molar-refractivity contribution in [2.75, 3.05) is 6.61 Å². The number of hydrogen-bond acceptors (Lipinski definition) is 1. The summed E-state index contributed by atoms with van der Waals surface area (Å²) in [6, 6.07) is 0. The van der Waals surface area contributed by atoms with Crippen molar-refractivity contribution in [2.45, 2.75) is 85.0 Å². The Hall–Kier alpha value is -0.0400. The molecule has 0 spiro atoms. The third kappa shape index (κ3) is 7.97. The van der Waals surface area contributed by atoms with Crippen molar-refractivity contribution in [3.05, 3.63) is 0 Å². The Labute approximate surface area is 121 Å². The van der Waals surface area contributed by atoms with E-state index in [4.69, 9.17) is 5.11 Å². The summed E-state index contributed by atoms with van der Waals surface area (Å²) in [5.74, 6) is 3.37. The smallest absolute Gasteiger partial charge is 0.0459 e. The van der Waals surface area contributed by atoms with Crippen molar-refractivity contribution in [2.24, 2.45) is 23.7 Å². The van der Waals surface area contributed by atoms with Crippen LogP contribution in [0.1, 0.15) is 85.0 Å². The van der Waals surface area contributed by atoms with Crippen LogP contribution in [0.2, 0.25) is 0 Å². The van der Waals surface area contributed by atoms with Crippen molar-refractivity contribution < 1.29 is 5.11 Å². The van der Waals surface area contributed by atoms with Crippen LogP contribution in [0.5, 0.6) is 0 Å². The summed E-state index contributed by atoms with van der Waals surface area (Å²) in [5, 5.41) is 9.15. The fraction of sp³-hybridized carbons (Fsp3) is 1.00. The molecule has 1 fully saturated rings. The van der Waals surface area contributed by atoms with Gasteiger partial charge < -0.3 is 5.11 Å². The molecular weight excluding hydrogens is 232 g/mol. The Morgan fingerprint density at radius 1 is 0.842 bits per heavy atom. The molecule has 0 saturated heterocycles. The van der Waals surface area contributed by atoms with Gasteiger partial charge in [0.1, 0.15) is 0 Å². The largest absolute Gasteiger partial charge is 0.396 e. The molecule has 0 radical (unpaired) electrons. The van der Waals surface area contributed by atoms with Crippen LogP contribution >= 0.6 is 0 Å². The Morgan fingerprint density at radius 2 is 1.42 bits per heavy atom. The van der Waals surface area contributed by atoms with Crippen LogP contribution in [0.15, 0.2) is 0 Å². The highest BCUT2D eigenvalue weighted by Crippen LogP contribution is 2.32. The Kier molecular flexibility index (Phi) is 8.77. The van der Waals surface area contributed by atoms with Crippen LogP contribution < -0.4 is 0 Å². The first-order valence-corrected chi connectivity index (χ1v) is 8.72. The van der Waals surface area contributed by atoms with Crippen LogP contribution in [-0.2, 0) is 0 Å². The van der Waals surface area contributed by atoms with Crippen LogP contribution in [0.25, 0.3) is 0 Å². The lowest BCUT2D eigenvalue weighted by molar-refractivity contribution is 0.162. The van der Waals surface area contributed by atoms with E-state index in [2.05, 4.69) is 20.8 Å². The summed E-state index contributed by atoms with van der Waals surface area (Å²) in [5.41, 5.74) is 0. The van der Waals surface area contributed by atoms with E-state index in [0.29, 0.717) is 12.5 Å². The first-order chi connectivity index (χ1) is 9.11. The molecule has 0 aromatic rings. The van der Waals surface area contributed by atoms with Gasteiger partial charge in [-0.15, -0.1) is 0 Å². The van der Waals surface area contributed by atoms with E-state index in [0.717, 1.165) is 17.8 Å². The van der Waals surface area contributed by atoms with Gasteiger partial charge in [0.2, 0.25) is 0 Å². The molecule has 0 heterocycles. The Balaban J connectivity index is 1.98. The first kappa shape index (κ1) is 17.0. The van der Waals surface area contributed by atoms with Gasteiger partial charge in [0.15, 0.2) is 0 Å². The molecule has 1 rings (SSSR count). The van der Waals surface area contributed by atoms with Crippen molar-refractivity contribution >= 4 is 0 Å². The molecular formula is C18H36O. The summed E-state index contributed by atoms with van der Waals surface area (Å²) in [4.78, 5) is 0. The van der Waals surface area contributed by atoms with Gasteiger partial charge in [0.05, 0.1) is 0 Å². The maximum Gasteiger partial charge on any atom is 0.0459 e. The highest BCUT2D eigenvalue weighted by Gasteiger charge is 2.20. The minimum absolute atomic E-state index is 0.416. The second-order valence-corrected chi connectivity index (χ2v) is 7.43. The zero-order valence-corrected chi connectivity index (χ0v) is 13.5. The Morgan fingerprint density at radius 3 is 2.00 bits per heavy atom. The highest BCUT2D eigenvalue weighted by atomic mass is 16.3. The zero-order valence-electron chi connectivity index (χ0n) is 13.5. The zero-order chi connectivity index (χ0) is 14.1. The monoisotopic (exact) mass is 268 g/mol. The number of aliphatic hydroxyl groups excluding tert-OH is 1. The van der Waals surface area contributed by atoms with Gasteiger partial charge in [0.25, 0.3) is 0 Å². The molecule has 0 amide bonds. The molecule has 1 saturated carbocycles. The molecule has 19 heavy (non-hydrogen) atoms. The predicted molar refractivity (Wildman–Crippen MR) is 84.2 cm³/mol. The first-order valence-electron chi connectivity index (χ1n) is 8.72. The molecule has 1 heteroatoms. The molecule has 1 nitrogen and oxygen atoms in total. The van der Waals surface area contributed by atoms with E-state index >= 15 is 0 Å². The van der Waals surface area contributed by atoms with Gasteiger partial charge in [-0.05, 0) is 36.5 Å². The van der Waals surface area contributed by atoms with E-state index in [1.165, 1.54) is 64.2 Å². The quantitative estimate of drug-likeness (QED) is 0.592. The van der Waals surface area contributed by atoms with E-state index in [-0.39, 0.29) is 0 Å². The average molecular weight is 268 g/mol. The normalized spacial score (nSPS) is 25.7. The van der Waals surface area contributed by atoms with E-state index in [1.54, 1.807) is 0 Å². The SMILES string of the molecule is CC(C)CCCC(C)CCCC1CCC(CO)CC1. The summed E-state index contributed by atoms with van der Waals surface area (Å²) < 4.78 is 0. The molecule has 0 aromatic carbocycles. The van der Waals surface area contributed by atoms with Crippen LogP contribution in [-0.4, -0.2) is 11.7 Å². The molecule has 1 atom stereocenters. The molecule has 0 aromatic heterocycles. The van der Waals surface area contributed by atoms with Gasteiger partial charge in [-0.2, -0.15) is 0 Å². The van der Waals surface area contributed by atoms with Crippen LogP contribution in [0.3, 0.4) is 0 Å². The van der Waals surface area contributed by atoms with Crippen molar-refractivity contribution in [1.29, 1.82) is 0 Å². The second kappa shape index (κ2) is 9.80. The summed E-state index contributed by atoms with van der Waals surface area (Å²) in [6.07, 6.45) is 13.8. The number of aliphatic hydroxyl groups is 1. The molecule has 1 unspecified atom stereocenters. The number of rotatable bonds is 9. The van der Waals surface area contributed by atoms with Gasteiger partial charge in [-0.1, -0.05) is 72.1 Å². The van der Waals surface area contributed by atoms with Gasteiger partial charge >= 0.3 is 0 Å². The molecule has 114 valence electrons. The fourth-order valence-corrected chi connectivity index (χ4v) is 3.48. The standard InChI is InChI=1S/C18H36O/c1-15(2)6-4-7-16(3)8-5-9-17-10-12-18(14-19)13-11-17/h15-19H,4-14H2,1-3H3. The van der Waals surface area contributed by atoms with Gasteiger partial charge in [-0.3, -0.25) is 0 Å². The minimum atomic E-state index is 0.416. The van der Waals surface area contributed by atoms with Crippen LogP contribution in [0.4, 0.5) is 0 Å². The lowest BCUT2D eigenvalue weighted by Crippen LogP contribution is -2.17. The average Bonchev–Trinajstić information content (AvgIpc) is 2.39. The summed E-state index contributed by atoms with van der Waals surface area (Å²) >= 11 is 0. The third-order valence-electron chi connectivity index (χ3n) is 5.01. The minimum Gasteiger partial charge on any atom is -0.396 e. The highest BCUT2D eigenvalue weighted by molar-refractivity contribution is 4.72. The number of hydrogen-bond donors (Lipinski definition) is 1. The van der Waals surface area contributed by atoms with E-state index in [1.807, 2.05) is 0 Å². The Bertz CT molecular complexity index is 204. The fourth-order valence-electron chi connectivity index (χ4n) is 3.48. The summed E-state index contributed by atoms with van der Waals surface area (Å²) in [6.45, 7) is 7.50. The van der Waals surface area contributed by atoms with Crippen molar-refractivity contribution in [3.8, 4) is 0 Å². The third-order valence-corrected chi connectivity index (χ3v) is 5.01. The van der Waals surface area contributed by atoms with Crippen molar-refractivity contribution in [3.63, 3.8) is 0 Å². The topological polar surface area (TPSA) is 20.2 Å². The molecule has 0 aliphatic heterocycles. The van der Waals surface area contributed by atoms with Gasteiger partial charge in [-0.25, -0.2) is 0 Å². The second-order valence-electron chi connectivity index (χ2n) is 7.43. The lowest BCUT2D eigenvalue weighted by Gasteiger charge is -2.27. The summed E-state index contributed by atoms with van der Waals surface area (Å²) in [7, 11) is 0. The maximum absolute atomic E-state index is 9.15.